The quantitative estimate of drug-likeness (QED) is 0.711. The van der Waals surface area contributed by atoms with Crippen LogP contribution in [0.4, 0.5) is 0 Å². The number of methoxy groups -OCH3 is 1. The molecule has 3 fully saturated rings. The molecule has 0 amide bonds. The number of rotatable bonds is 1. The number of hydrogen-bond donors (Lipinski definition) is 0. The van der Waals surface area contributed by atoms with Crippen molar-refractivity contribution in [3.63, 3.8) is 0 Å². The standard InChI is InChI=1S/C20H30O2/c1-19-10-8-14(21)12-13(19)4-5-15-16-6-7-18(22-3)20(16,2)11-9-17(15)19/h12,15-18H,4-11H2,1-3H3. The third-order valence-corrected chi connectivity index (χ3v) is 8.16. The molecule has 2 nitrogen and oxygen atoms in total. The molecule has 122 valence electrons. The summed E-state index contributed by atoms with van der Waals surface area (Å²) in [4.78, 5) is 11.8. The largest absolute Gasteiger partial charge is 0.381 e. The van der Waals surface area contributed by atoms with E-state index in [9.17, 15) is 4.79 Å². The van der Waals surface area contributed by atoms with Crippen LogP contribution in [0, 0.1) is 28.6 Å². The van der Waals surface area contributed by atoms with Crippen molar-refractivity contribution in [3.8, 4) is 0 Å². The Hall–Kier alpha value is -0.630. The second-order valence-electron chi connectivity index (χ2n) is 8.82. The minimum Gasteiger partial charge on any atom is -0.381 e. The predicted octanol–water partition coefficient (Wildman–Crippen LogP) is 4.53. The smallest absolute Gasteiger partial charge is 0.155 e. The van der Waals surface area contributed by atoms with E-state index >= 15 is 0 Å². The van der Waals surface area contributed by atoms with Crippen LogP contribution >= 0.6 is 0 Å². The number of carbonyl (C=O) groups excluding carboxylic acids is 1. The molecule has 0 saturated heterocycles. The molecule has 4 aliphatic rings. The maximum atomic E-state index is 11.8. The molecule has 0 aromatic carbocycles. The molecular formula is C20H30O2. The highest BCUT2D eigenvalue weighted by Gasteiger charge is 2.59. The average Bonchev–Trinajstić information content (AvgIpc) is 2.84. The Kier molecular flexibility index (Phi) is 3.35. The predicted molar refractivity (Wildman–Crippen MR) is 87.5 cm³/mol. The molecule has 2 heteroatoms. The Balaban J connectivity index is 1.67. The molecule has 0 aromatic rings. The molecule has 0 aliphatic heterocycles. The molecule has 3 saturated carbocycles. The number of fused-ring (bicyclic) bond motifs is 5. The van der Waals surface area contributed by atoms with E-state index in [2.05, 4.69) is 13.8 Å². The number of hydrogen-bond acceptors (Lipinski definition) is 2. The molecule has 0 N–H and O–H groups in total. The van der Waals surface area contributed by atoms with Crippen molar-refractivity contribution in [2.24, 2.45) is 28.6 Å². The van der Waals surface area contributed by atoms with E-state index in [0.29, 0.717) is 22.7 Å². The first-order chi connectivity index (χ1) is 10.5. The molecule has 0 heterocycles. The van der Waals surface area contributed by atoms with Crippen LogP contribution in [0.15, 0.2) is 11.6 Å². The topological polar surface area (TPSA) is 26.3 Å². The molecule has 0 radical (unpaired) electrons. The minimum atomic E-state index is 0.309. The number of ketones is 1. The van der Waals surface area contributed by atoms with Gasteiger partial charge in [-0.05, 0) is 79.6 Å². The van der Waals surface area contributed by atoms with Gasteiger partial charge in [-0.2, -0.15) is 0 Å². The lowest BCUT2D eigenvalue weighted by molar-refractivity contribution is -0.118. The summed E-state index contributed by atoms with van der Waals surface area (Å²) in [6.07, 6.45) is 12.1. The van der Waals surface area contributed by atoms with Gasteiger partial charge in [-0.1, -0.05) is 19.4 Å². The Bertz CT molecular complexity index is 522. The lowest BCUT2D eigenvalue weighted by Gasteiger charge is -2.57. The summed E-state index contributed by atoms with van der Waals surface area (Å²) in [5.41, 5.74) is 2.19. The molecule has 22 heavy (non-hydrogen) atoms. The Morgan fingerprint density at radius 1 is 1.05 bits per heavy atom. The van der Waals surface area contributed by atoms with Gasteiger partial charge in [-0.3, -0.25) is 4.79 Å². The van der Waals surface area contributed by atoms with Gasteiger partial charge in [0.05, 0.1) is 6.10 Å². The molecule has 6 unspecified atom stereocenters. The summed E-state index contributed by atoms with van der Waals surface area (Å²) in [6.45, 7) is 4.96. The van der Waals surface area contributed by atoms with Crippen molar-refractivity contribution in [1.29, 1.82) is 0 Å². The highest BCUT2D eigenvalue weighted by atomic mass is 16.5. The Morgan fingerprint density at radius 2 is 1.86 bits per heavy atom. The molecular weight excluding hydrogens is 272 g/mol. The van der Waals surface area contributed by atoms with Crippen LogP contribution in [0.1, 0.15) is 65.2 Å². The van der Waals surface area contributed by atoms with Crippen LogP contribution in [0.25, 0.3) is 0 Å². The van der Waals surface area contributed by atoms with Gasteiger partial charge in [0.15, 0.2) is 5.78 Å². The number of carbonyl (C=O) groups is 1. The van der Waals surface area contributed by atoms with Crippen molar-refractivity contribution in [2.75, 3.05) is 7.11 Å². The van der Waals surface area contributed by atoms with E-state index in [4.69, 9.17) is 4.74 Å². The summed E-state index contributed by atoms with van der Waals surface area (Å²) in [5.74, 6) is 2.86. The third kappa shape index (κ3) is 1.85. The van der Waals surface area contributed by atoms with Crippen molar-refractivity contribution < 1.29 is 9.53 Å². The zero-order valence-corrected chi connectivity index (χ0v) is 14.4. The van der Waals surface area contributed by atoms with E-state index in [1.807, 2.05) is 13.2 Å². The summed E-state index contributed by atoms with van der Waals surface area (Å²) in [7, 11) is 1.90. The fraction of sp³-hybridized carbons (Fsp3) is 0.850. The van der Waals surface area contributed by atoms with Crippen molar-refractivity contribution in [1.82, 2.24) is 0 Å². The van der Waals surface area contributed by atoms with Gasteiger partial charge >= 0.3 is 0 Å². The van der Waals surface area contributed by atoms with Crippen LogP contribution in [0.2, 0.25) is 0 Å². The SMILES string of the molecule is COC1CCC2C3CCC4=CC(=O)CCC4(C)C3CCC12C. The lowest BCUT2D eigenvalue weighted by Crippen LogP contribution is -2.51. The summed E-state index contributed by atoms with van der Waals surface area (Å²) in [6, 6.07) is 0. The van der Waals surface area contributed by atoms with Crippen molar-refractivity contribution >= 4 is 5.78 Å². The van der Waals surface area contributed by atoms with Crippen LogP contribution < -0.4 is 0 Å². The van der Waals surface area contributed by atoms with Gasteiger partial charge in [0.2, 0.25) is 0 Å². The summed E-state index contributed by atoms with van der Waals surface area (Å²) < 4.78 is 5.85. The minimum absolute atomic E-state index is 0.309. The van der Waals surface area contributed by atoms with Gasteiger partial charge < -0.3 is 4.74 Å². The van der Waals surface area contributed by atoms with Crippen LogP contribution in [-0.2, 0) is 9.53 Å². The van der Waals surface area contributed by atoms with Gasteiger partial charge in [0, 0.05) is 13.5 Å². The summed E-state index contributed by atoms with van der Waals surface area (Å²) >= 11 is 0. The maximum Gasteiger partial charge on any atom is 0.155 e. The fourth-order valence-corrected chi connectivity index (χ4v) is 6.90. The highest BCUT2D eigenvalue weighted by Crippen LogP contribution is 2.65. The molecule has 6 atom stereocenters. The zero-order valence-electron chi connectivity index (χ0n) is 14.4. The van der Waals surface area contributed by atoms with Gasteiger partial charge in [-0.25, -0.2) is 0 Å². The van der Waals surface area contributed by atoms with Crippen LogP contribution in [-0.4, -0.2) is 19.0 Å². The molecule has 4 aliphatic carbocycles. The van der Waals surface area contributed by atoms with Gasteiger partial charge in [0.1, 0.15) is 0 Å². The first-order valence-corrected chi connectivity index (χ1v) is 9.26. The van der Waals surface area contributed by atoms with Gasteiger partial charge in [0.25, 0.3) is 0 Å². The van der Waals surface area contributed by atoms with E-state index < -0.39 is 0 Å². The molecule has 0 aromatic heterocycles. The Labute approximate surface area is 134 Å². The fourth-order valence-electron chi connectivity index (χ4n) is 6.90. The summed E-state index contributed by atoms with van der Waals surface area (Å²) in [5, 5.41) is 0. The van der Waals surface area contributed by atoms with E-state index in [1.165, 1.54) is 37.7 Å². The first-order valence-electron chi connectivity index (χ1n) is 9.26. The molecule has 0 spiro atoms. The second kappa shape index (κ2) is 4.93. The molecule has 0 bridgehead atoms. The van der Waals surface area contributed by atoms with Crippen LogP contribution in [0.5, 0.6) is 0 Å². The zero-order chi connectivity index (χ0) is 15.5. The van der Waals surface area contributed by atoms with E-state index in [1.54, 1.807) is 0 Å². The van der Waals surface area contributed by atoms with Gasteiger partial charge in [-0.15, -0.1) is 0 Å². The Morgan fingerprint density at radius 3 is 2.64 bits per heavy atom. The lowest BCUT2D eigenvalue weighted by atomic mass is 9.47. The normalized spacial score (nSPS) is 50.9. The average molecular weight is 302 g/mol. The van der Waals surface area contributed by atoms with Crippen LogP contribution in [0.3, 0.4) is 0 Å². The second-order valence-corrected chi connectivity index (χ2v) is 8.82. The van der Waals surface area contributed by atoms with Crippen molar-refractivity contribution in [2.45, 2.75) is 71.3 Å². The highest BCUT2D eigenvalue weighted by molar-refractivity contribution is 5.91. The molecule has 4 rings (SSSR count). The van der Waals surface area contributed by atoms with Crippen molar-refractivity contribution in [3.05, 3.63) is 11.6 Å². The monoisotopic (exact) mass is 302 g/mol. The maximum absolute atomic E-state index is 11.8. The number of ether oxygens (including phenoxy) is 1. The number of allylic oxidation sites excluding steroid dienone is 1. The van der Waals surface area contributed by atoms with E-state index in [-0.39, 0.29) is 0 Å². The first kappa shape index (κ1) is 14.9. The van der Waals surface area contributed by atoms with E-state index in [0.717, 1.165) is 37.0 Å². The third-order valence-electron chi connectivity index (χ3n) is 8.16.